The molecule has 86 valence electrons. The Morgan fingerprint density at radius 2 is 2.27 bits per heavy atom. The quantitative estimate of drug-likeness (QED) is 0.746. The van der Waals surface area contributed by atoms with Crippen LogP contribution in [-0.2, 0) is 9.53 Å². The van der Waals surface area contributed by atoms with E-state index >= 15 is 0 Å². The molecule has 1 N–H and O–H groups in total. The summed E-state index contributed by atoms with van der Waals surface area (Å²) in [4.78, 5) is 13.9. The van der Waals surface area contributed by atoms with Crippen molar-refractivity contribution in [3.8, 4) is 0 Å². The minimum Gasteiger partial charge on any atom is -0.381 e. The maximum absolute atomic E-state index is 11.9. The average molecular weight is 212 g/mol. The highest BCUT2D eigenvalue weighted by Crippen LogP contribution is 2.29. The van der Waals surface area contributed by atoms with Crippen molar-refractivity contribution < 1.29 is 9.53 Å². The predicted octanol–water partition coefficient (Wildman–Crippen LogP) is 0.722. The Bertz CT molecular complexity index is 239. The molecule has 0 aromatic heterocycles. The SMILES string of the molecule is CCCC1NCN(C2CC(OC)C2)C1=O. The van der Waals surface area contributed by atoms with Gasteiger partial charge in [0.05, 0.1) is 18.8 Å². The van der Waals surface area contributed by atoms with Crippen molar-refractivity contribution in [3.63, 3.8) is 0 Å². The zero-order chi connectivity index (χ0) is 10.8. The van der Waals surface area contributed by atoms with Crippen molar-refractivity contribution in [2.75, 3.05) is 13.8 Å². The first kappa shape index (κ1) is 10.9. The van der Waals surface area contributed by atoms with Gasteiger partial charge in [0.15, 0.2) is 0 Å². The highest BCUT2D eigenvalue weighted by atomic mass is 16.5. The number of methoxy groups -OCH3 is 1. The van der Waals surface area contributed by atoms with E-state index < -0.39 is 0 Å². The fraction of sp³-hybridized carbons (Fsp3) is 0.909. The molecule has 2 fully saturated rings. The van der Waals surface area contributed by atoms with E-state index in [0.717, 1.165) is 32.4 Å². The summed E-state index contributed by atoms with van der Waals surface area (Å²) in [6, 6.07) is 0.480. The lowest BCUT2D eigenvalue weighted by molar-refractivity contribution is -0.135. The number of ether oxygens (including phenoxy) is 1. The molecule has 15 heavy (non-hydrogen) atoms. The third kappa shape index (κ3) is 2.01. The summed E-state index contributed by atoms with van der Waals surface area (Å²) in [6.07, 6.45) is 4.39. The minimum absolute atomic E-state index is 0.0663. The van der Waals surface area contributed by atoms with Crippen LogP contribution in [0, 0.1) is 0 Å². The van der Waals surface area contributed by atoms with E-state index in [1.165, 1.54) is 0 Å². The Kier molecular flexibility index (Phi) is 3.26. The average Bonchev–Trinajstić information content (AvgIpc) is 2.49. The van der Waals surface area contributed by atoms with Gasteiger partial charge in [-0.25, -0.2) is 0 Å². The van der Waals surface area contributed by atoms with Gasteiger partial charge in [0.1, 0.15) is 0 Å². The number of amides is 1. The second kappa shape index (κ2) is 4.49. The second-order valence-electron chi connectivity index (χ2n) is 4.49. The van der Waals surface area contributed by atoms with Gasteiger partial charge in [0, 0.05) is 13.2 Å². The standard InChI is InChI=1S/C11H20N2O2/c1-3-4-10-11(14)13(7-12-10)8-5-9(6-8)15-2/h8-10,12H,3-7H2,1-2H3. The topological polar surface area (TPSA) is 41.6 Å². The van der Waals surface area contributed by atoms with Gasteiger partial charge in [-0.05, 0) is 19.3 Å². The molecule has 2 rings (SSSR count). The van der Waals surface area contributed by atoms with Crippen LogP contribution in [0.4, 0.5) is 0 Å². The zero-order valence-electron chi connectivity index (χ0n) is 9.53. The fourth-order valence-corrected chi connectivity index (χ4v) is 2.38. The fourth-order valence-electron chi connectivity index (χ4n) is 2.38. The number of rotatable bonds is 4. The molecular weight excluding hydrogens is 192 g/mol. The maximum Gasteiger partial charge on any atom is 0.241 e. The van der Waals surface area contributed by atoms with Crippen molar-refractivity contribution in [2.24, 2.45) is 0 Å². The number of carbonyl (C=O) groups is 1. The Labute approximate surface area is 91.0 Å². The zero-order valence-corrected chi connectivity index (χ0v) is 9.53. The number of nitrogens with one attached hydrogen (secondary N) is 1. The summed E-state index contributed by atoms with van der Waals surface area (Å²) in [6.45, 7) is 2.84. The van der Waals surface area contributed by atoms with Crippen molar-refractivity contribution in [1.82, 2.24) is 10.2 Å². The van der Waals surface area contributed by atoms with Crippen LogP contribution in [0.3, 0.4) is 0 Å². The molecule has 1 amide bonds. The summed E-state index contributed by atoms with van der Waals surface area (Å²) in [5, 5.41) is 3.27. The summed E-state index contributed by atoms with van der Waals surface area (Å²) in [7, 11) is 1.74. The van der Waals surface area contributed by atoms with Crippen molar-refractivity contribution in [3.05, 3.63) is 0 Å². The lowest BCUT2D eigenvalue weighted by Crippen LogP contribution is -2.49. The van der Waals surface area contributed by atoms with Crippen LogP contribution in [0.5, 0.6) is 0 Å². The number of hydrogen-bond donors (Lipinski definition) is 1. The summed E-state index contributed by atoms with van der Waals surface area (Å²) in [5.74, 6) is 0.288. The van der Waals surface area contributed by atoms with E-state index in [-0.39, 0.29) is 11.9 Å². The number of nitrogens with zero attached hydrogens (tertiary/aromatic N) is 1. The first-order valence-corrected chi connectivity index (χ1v) is 5.83. The Morgan fingerprint density at radius 1 is 1.53 bits per heavy atom. The van der Waals surface area contributed by atoms with E-state index in [2.05, 4.69) is 12.2 Å². The lowest BCUT2D eigenvalue weighted by atomic mass is 9.88. The molecule has 0 bridgehead atoms. The van der Waals surface area contributed by atoms with Gasteiger partial charge in [-0.3, -0.25) is 10.1 Å². The van der Waals surface area contributed by atoms with Crippen LogP contribution in [0.2, 0.25) is 0 Å². The van der Waals surface area contributed by atoms with Gasteiger partial charge < -0.3 is 9.64 Å². The van der Waals surface area contributed by atoms with E-state index in [4.69, 9.17) is 4.74 Å². The summed E-state index contributed by atoms with van der Waals surface area (Å²) >= 11 is 0. The third-order valence-electron chi connectivity index (χ3n) is 3.51. The molecule has 1 aliphatic heterocycles. The molecule has 0 aromatic carbocycles. The smallest absolute Gasteiger partial charge is 0.241 e. The van der Waals surface area contributed by atoms with E-state index in [9.17, 15) is 4.79 Å². The molecule has 1 aliphatic carbocycles. The first-order chi connectivity index (χ1) is 7.26. The molecule has 1 atom stereocenters. The number of carbonyl (C=O) groups excluding carboxylic acids is 1. The van der Waals surface area contributed by atoms with Crippen LogP contribution in [-0.4, -0.2) is 42.8 Å². The van der Waals surface area contributed by atoms with Crippen LogP contribution < -0.4 is 5.32 Å². The normalized spacial score (nSPS) is 35.7. The minimum atomic E-state index is 0.0663. The van der Waals surface area contributed by atoms with E-state index in [1.807, 2.05) is 4.90 Å². The molecule has 1 unspecified atom stereocenters. The highest BCUT2D eigenvalue weighted by Gasteiger charge is 2.41. The van der Waals surface area contributed by atoms with Gasteiger partial charge in [-0.15, -0.1) is 0 Å². The maximum atomic E-state index is 11.9. The van der Waals surface area contributed by atoms with Crippen LogP contribution in [0.15, 0.2) is 0 Å². The lowest BCUT2D eigenvalue weighted by Gasteiger charge is -2.39. The molecular formula is C11H20N2O2. The van der Waals surface area contributed by atoms with E-state index in [1.54, 1.807) is 7.11 Å². The van der Waals surface area contributed by atoms with Gasteiger partial charge >= 0.3 is 0 Å². The first-order valence-electron chi connectivity index (χ1n) is 5.83. The molecule has 1 saturated carbocycles. The summed E-state index contributed by atoms with van der Waals surface area (Å²) in [5.41, 5.74) is 0. The van der Waals surface area contributed by atoms with Gasteiger partial charge in [0.25, 0.3) is 0 Å². The Hall–Kier alpha value is -0.610. The highest BCUT2D eigenvalue weighted by molar-refractivity contribution is 5.84. The Morgan fingerprint density at radius 3 is 2.87 bits per heavy atom. The molecule has 1 heterocycles. The molecule has 0 aromatic rings. The molecule has 4 heteroatoms. The predicted molar refractivity (Wildman–Crippen MR) is 57.4 cm³/mol. The molecule has 4 nitrogen and oxygen atoms in total. The van der Waals surface area contributed by atoms with Gasteiger partial charge in [0.2, 0.25) is 5.91 Å². The van der Waals surface area contributed by atoms with Crippen LogP contribution >= 0.6 is 0 Å². The van der Waals surface area contributed by atoms with Crippen LogP contribution in [0.1, 0.15) is 32.6 Å². The molecule has 2 aliphatic rings. The van der Waals surface area contributed by atoms with E-state index in [0.29, 0.717) is 12.1 Å². The molecule has 1 saturated heterocycles. The van der Waals surface area contributed by atoms with Crippen molar-refractivity contribution in [2.45, 2.75) is 50.8 Å². The molecule has 0 spiro atoms. The largest absolute Gasteiger partial charge is 0.381 e. The van der Waals surface area contributed by atoms with Crippen molar-refractivity contribution >= 4 is 5.91 Å². The van der Waals surface area contributed by atoms with Crippen molar-refractivity contribution in [1.29, 1.82) is 0 Å². The van der Waals surface area contributed by atoms with Crippen LogP contribution in [0.25, 0.3) is 0 Å². The van der Waals surface area contributed by atoms with Gasteiger partial charge in [-0.1, -0.05) is 13.3 Å². The third-order valence-corrected chi connectivity index (χ3v) is 3.51. The number of hydrogen-bond acceptors (Lipinski definition) is 3. The second-order valence-corrected chi connectivity index (χ2v) is 4.49. The van der Waals surface area contributed by atoms with Gasteiger partial charge in [-0.2, -0.15) is 0 Å². The monoisotopic (exact) mass is 212 g/mol. The molecule has 0 radical (unpaired) electrons. The Balaban J connectivity index is 1.83. The summed E-state index contributed by atoms with van der Waals surface area (Å²) < 4.78 is 5.23.